The van der Waals surface area contributed by atoms with Gasteiger partial charge in [0.05, 0.1) is 5.56 Å². The number of rotatable bonds is 9. The Labute approximate surface area is 255 Å². The maximum atomic E-state index is 14.7. The van der Waals surface area contributed by atoms with Crippen LogP contribution in [0.25, 0.3) is 11.1 Å². The second-order valence-corrected chi connectivity index (χ2v) is 9.91. The Morgan fingerprint density at radius 1 is 0.630 bits per heavy atom. The van der Waals surface area contributed by atoms with Crippen molar-refractivity contribution >= 4 is 0 Å². The van der Waals surface area contributed by atoms with Crippen molar-refractivity contribution in [2.75, 3.05) is 0 Å². The number of benzene rings is 4. The quantitative estimate of drug-likeness (QED) is 0.101. The van der Waals surface area contributed by atoms with Crippen molar-refractivity contribution in [3.63, 3.8) is 0 Å². The molecule has 0 heterocycles. The minimum absolute atomic E-state index is 0.0745. The van der Waals surface area contributed by atoms with Crippen molar-refractivity contribution in [2.24, 2.45) is 0 Å². The maximum Gasteiger partial charge on any atom is 0.573 e. The van der Waals surface area contributed by atoms with E-state index >= 15 is 0 Å². The van der Waals surface area contributed by atoms with E-state index in [1.165, 1.54) is 0 Å². The molecular weight excluding hydrogens is 637 g/mol. The number of alkyl halides is 5. The van der Waals surface area contributed by atoms with E-state index in [9.17, 15) is 48.3 Å². The van der Waals surface area contributed by atoms with Gasteiger partial charge in [0.15, 0.2) is 11.6 Å². The molecule has 2 nitrogen and oxygen atoms in total. The molecule has 0 amide bonds. The van der Waals surface area contributed by atoms with Crippen molar-refractivity contribution in [3.8, 4) is 34.5 Å². The molecule has 0 saturated heterocycles. The average Bonchev–Trinajstić information content (AvgIpc) is 2.93. The summed E-state index contributed by atoms with van der Waals surface area (Å²) in [6.45, 7) is 1.93. The van der Waals surface area contributed by atoms with Crippen molar-refractivity contribution < 1.29 is 57.8 Å². The Bertz CT molecular complexity index is 1760. The number of ether oxygens (including phenoxy) is 2. The monoisotopic (exact) mass is 658 g/mol. The molecule has 242 valence electrons. The molecule has 0 aliphatic heterocycles. The standard InChI is InChI=1S/C33H21F11O2/c1-2-3-4-5-19-13-26(36)30(27(37)14-19)32(40,41)45-22-10-9-20(24(34)17-22)8-6-18-7-11-23(25(35)12-18)21-15-28(38)31(29(39)16-21)46-33(42,43)44/h7,9-17H,2-5H2,1H3. The Morgan fingerprint density at radius 2 is 1.28 bits per heavy atom. The zero-order valence-electron chi connectivity index (χ0n) is 23.6. The molecule has 0 aliphatic rings. The molecule has 0 spiro atoms. The zero-order valence-corrected chi connectivity index (χ0v) is 23.6. The minimum atomic E-state index is -5.37. The van der Waals surface area contributed by atoms with Crippen LogP contribution in [0.5, 0.6) is 11.5 Å². The third kappa shape index (κ3) is 8.29. The summed E-state index contributed by atoms with van der Waals surface area (Å²) in [5, 5.41) is 0. The predicted octanol–water partition coefficient (Wildman–Crippen LogP) is 10.3. The van der Waals surface area contributed by atoms with Gasteiger partial charge < -0.3 is 9.47 Å². The summed E-state index contributed by atoms with van der Waals surface area (Å²) >= 11 is 0. The van der Waals surface area contributed by atoms with Crippen molar-refractivity contribution in [1.29, 1.82) is 0 Å². The summed E-state index contributed by atoms with van der Waals surface area (Å²) in [5.74, 6) is -6.54. The number of unbranched alkanes of at least 4 members (excludes halogenated alkanes) is 2. The summed E-state index contributed by atoms with van der Waals surface area (Å²) < 4.78 is 161. The molecule has 4 aromatic rings. The van der Waals surface area contributed by atoms with E-state index in [-0.39, 0.29) is 23.1 Å². The van der Waals surface area contributed by atoms with Crippen LogP contribution in [0.1, 0.15) is 48.4 Å². The molecular formula is C33H21F11O2. The third-order valence-electron chi connectivity index (χ3n) is 6.49. The molecule has 0 N–H and O–H groups in total. The summed E-state index contributed by atoms with van der Waals surface area (Å²) in [7, 11) is 0. The van der Waals surface area contributed by atoms with Crippen LogP contribution in [-0.2, 0) is 12.5 Å². The fourth-order valence-electron chi connectivity index (χ4n) is 4.38. The second kappa shape index (κ2) is 13.7. The van der Waals surface area contributed by atoms with Crippen LogP contribution in [0, 0.1) is 46.7 Å². The molecule has 0 aromatic heterocycles. The number of halogens is 11. The highest BCUT2D eigenvalue weighted by Gasteiger charge is 2.41. The smallest absolute Gasteiger partial charge is 0.429 e. The molecule has 0 radical (unpaired) electrons. The highest BCUT2D eigenvalue weighted by atomic mass is 19.4. The number of aryl methyl sites for hydroxylation is 1. The van der Waals surface area contributed by atoms with Crippen LogP contribution in [0.15, 0.2) is 60.7 Å². The highest BCUT2D eigenvalue weighted by molar-refractivity contribution is 5.66. The molecule has 4 rings (SSSR count). The molecule has 0 aliphatic carbocycles. The van der Waals surface area contributed by atoms with Gasteiger partial charge in [-0.05, 0) is 72.5 Å². The Hall–Kier alpha value is -4.73. The van der Waals surface area contributed by atoms with E-state index in [1.807, 2.05) is 6.92 Å². The molecule has 0 fully saturated rings. The van der Waals surface area contributed by atoms with Crippen molar-refractivity contribution in [1.82, 2.24) is 0 Å². The number of hydrogen-bond donors (Lipinski definition) is 0. The molecule has 13 heteroatoms. The first-order valence-corrected chi connectivity index (χ1v) is 13.5. The van der Waals surface area contributed by atoms with Gasteiger partial charge in [-0.1, -0.05) is 37.7 Å². The molecule has 46 heavy (non-hydrogen) atoms. The normalized spacial score (nSPS) is 11.7. The summed E-state index contributed by atoms with van der Waals surface area (Å²) in [6.07, 6.45) is -7.34. The summed E-state index contributed by atoms with van der Waals surface area (Å²) in [5.41, 5.74) is -2.74. The Kier molecular flexibility index (Phi) is 10.2. The van der Waals surface area contributed by atoms with Gasteiger partial charge >= 0.3 is 12.5 Å². The lowest BCUT2D eigenvalue weighted by Crippen LogP contribution is -2.25. The van der Waals surface area contributed by atoms with Crippen molar-refractivity contribution in [2.45, 2.75) is 45.1 Å². The molecule has 0 unspecified atom stereocenters. The average molecular weight is 659 g/mol. The van der Waals surface area contributed by atoms with Gasteiger partial charge in [-0.3, -0.25) is 0 Å². The topological polar surface area (TPSA) is 18.5 Å². The predicted molar refractivity (Wildman–Crippen MR) is 145 cm³/mol. The van der Waals surface area contributed by atoms with Crippen LogP contribution >= 0.6 is 0 Å². The van der Waals surface area contributed by atoms with Gasteiger partial charge in [-0.25, -0.2) is 26.3 Å². The molecule has 0 saturated carbocycles. The first-order chi connectivity index (χ1) is 21.6. The van der Waals surface area contributed by atoms with E-state index in [1.54, 1.807) is 0 Å². The van der Waals surface area contributed by atoms with Crippen LogP contribution < -0.4 is 9.47 Å². The lowest BCUT2D eigenvalue weighted by Gasteiger charge is -2.20. The summed E-state index contributed by atoms with van der Waals surface area (Å²) in [4.78, 5) is 0. The summed E-state index contributed by atoms with van der Waals surface area (Å²) in [6, 6.07) is 7.73. The van der Waals surface area contributed by atoms with Gasteiger partial charge in [-0.2, -0.15) is 8.78 Å². The molecule has 0 atom stereocenters. The lowest BCUT2D eigenvalue weighted by atomic mass is 10.0. The van der Waals surface area contributed by atoms with E-state index in [0.29, 0.717) is 24.6 Å². The van der Waals surface area contributed by atoms with Crippen molar-refractivity contribution in [3.05, 3.63) is 118 Å². The SMILES string of the molecule is CCCCCc1cc(F)c(C(F)(F)Oc2ccc(C#Cc3ccc(-c4cc(F)c(OC(F)(F)F)c(F)c4)c(F)c3)c(F)c2)c(F)c1. The fourth-order valence-corrected chi connectivity index (χ4v) is 4.38. The first-order valence-electron chi connectivity index (χ1n) is 13.5. The molecule has 0 bridgehead atoms. The Balaban J connectivity index is 1.51. The fraction of sp³-hybridized carbons (Fsp3) is 0.212. The van der Waals surface area contributed by atoms with Gasteiger partial charge in [0.2, 0.25) is 5.75 Å². The minimum Gasteiger partial charge on any atom is -0.429 e. The van der Waals surface area contributed by atoms with Crippen LogP contribution in [-0.4, -0.2) is 6.36 Å². The first kappa shape index (κ1) is 34.1. The van der Waals surface area contributed by atoms with Gasteiger partial charge in [0.25, 0.3) is 0 Å². The highest BCUT2D eigenvalue weighted by Crippen LogP contribution is 2.37. The van der Waals surface area contributed by atoms with Crippen LogP contribution in [0.3, 0.4) is 0 Å². The maximum absolute atomic E-state index is 14.7. The third-order valence-corrected chi connectivity index (χ3v) is 6.49. The molecule has 4 aromatic carbocycles. The lowest BCUT2D eigenvalue weighted by molar-refractivity contribution is -0.276. The van der Waals surface area contributed by atoms with E-state index < -0.39 is 75.6 Å². The van der Waals surface area contributed by atoms with E-state index in [4.69, 9.17) is 0 Å². The van der Waals surface area contributed by atoms with Gasteiger partial charge in [0, 0.05) is 17.2 Å². The van der Waals surface area contributed by atoms with Crippen LogP contribution in [0.2, 0.25) is 0 Å². The van der Waals surface area contributed by atoms with E-state index in [2.05, 4.69) is 21.3 Å². The van der Waals surface area contributed by atoms with Crippen LogP contribution in [0.4, 0.5) is 48.3 Å². The van der Waals surface area contributed by atoms with Gasteiger partial charge in [0.1, 0.15) is 34.6 Å². The zero-order chi connectivity index (χ0) is 33.8. The number of hydrogen-bond acceptors (Lipinski definition) is 2. The second-order valence-electron chi connectivity index (χ2n) is 9.91. The van der Waals surface area contributed by atoms with Gasteiger partial charge in [-0.15, -0.1) is 13.2 Å². The Morgan fingerprint density at radius 3 is 1.85 bits per heavy atom. The van der Waals surface area contributed by atoms with E-state index in [0.717, 1.165) is 55.3 Å². The largest absolute Gasteiger partial charge is 0.573 e.